The van der Waals surface area contributed by atoms with Crippen LogP contribution < -0.4 is 5.32 Å². The van der Waals surface area contributed by atoms with E-state index >= 15 is 0 Å². The van der Waals surface area contributed by atoms with Crippen molar-refractivity contribution >= 4 is 17.4 Å². The Morgan fingerprint density at radius 3 is 2.66 bits per heavy atom. The minimum Gasteiger partial charge on any atom is -0.464 e. The highest BCUT2D eigenvalue weighted by atomic mass is 19.1. The Morgan fingerprint density at radius 1 is 1.12 bits per heavy atom. The van der Waals surface area contributed by atoms with Gasteiger partial charge in [-0.3, -0.25) is 14.5 Å². The Bertz CT molecular complexity index is 696. The van der Waals surface area contributed by atoms with Crippen LogP contribution in [0.4, 0.5) is 10.1 Å². The number of anilines is 1. The fraction of sp³-hybridized carbons (Fsp3) is 0.680. The standard InChI is InChI=1S/C25H37FN2O4/c26-23-18-24(29)22(19-27-20-8-4-3-5-9-20)21(23)10-6-1-2-7-11-25(30)32-17-14-28-12-15-31-16-13-28/h3-5,8-9,21-23,27H,1-2,6-7,10-19H2/t21-,22-,23?/m1/s1. The Kier molecular flexibility index (Phi) is 10.4. The monoisotopic (exact) mass is 448 g/mol. The SMILES string of the molecule is O=C(CCCCCC[C@H]1C(F)CC(=O)[C@@H]1CNc1ccccc1)OCCN1CCOCC1. The number of halogens is 1. The van der Waals surface area contributed by atoms with Gasteiger partial charge in [-0.1, -0.05) is 37.5 Å². The summed E-state index contributed by atoms with van der Waals surface area (Å²) < 4.78 is 25.1. The van der Waals surface area contributed by atoms with Crippen LogP contribution in [-0.4, -0.2) is 68.8 Å². The number of hydrogen-bond donors (Lipinski definition) is 1. The summed E-state index contributed by atoms with van der Waals surface area (Å²) in [7, 11) is 0. The highest BCUT2D eigenvalue weighted by Gasteiger charge is 2.41. The van der Waals surface area contributed by atoms with E-state index in [4.69, 9.17) is 9.47 Å². The van der Waals surface area contributed by atoms with Gasteiger partial charge in [-0.15, -0.1) is 0 Å². The number of hydrogen-bond acceptors (Lipinski definition) is 6. The predicted octanol–water partition coefficient (Wildman–Crippen LogP) is 3.86. The van der Waals surface area contributed by atoms with E-state index in [1.807, 2.05) is 30.3 Å². The second-order valence-corrected chi connectivity index (χ2v) is 8.83. The molecule has 7 heteroatoms. The number of nitrogens with zero attached hydrogens (tertiary/aromatic N) is 1. The molecule has 0 radical (unpaired) electrons. The average molecular weight is 449 g/mol. The second kappa shape index (κ2) is 13.5. The van der Waals surface area contributed by atoms with Crippen molar-refractivity contribution in [2.75, 3.05) is 51.3 Å². The van der Waals surface area contributed by atoms with Gasteiger partial charge in [0, 0.05) is 56.5 Å². The minimum atomic E-state index is -1.04. The lowest BCUT2D eigenvalue weighted by molar-refractivity contribution is -0.144. The third-order valence-electron chi connectivity index (χ3n) is 6.53. The van der Waals surface area contributed by atoms with Crippen molar-refractivity contribution in [3.8, 4) is 0 Å². The van der Waals surface area contributed by atoms with Crippen molar-refractivity contribution in [1.29, 1.82) is 0 Å². The zero-order valence-electron chi connectivity index (χ0n) is 19.0. The van der Waals surface area contributed by atoms with Crippen LogP contribution in [0.2, 0.25) is 0 Å². The number of unbranched alkanes of at least 4 members (excludes halogenated alkanes) is 3. The first-order chi connectivity index (χ1) is 15.6. The molecular formula is C25H37FN2O4. The Labute approximate surface area is 190 Å². The first-order valence-electron chi connectivity index (χ1n) is 12.0. The fourth-order valence-corrected chi connectivity index (χ4v) is 4.61. The second-order valence-electron chi connectivity index (χ2n) is 8.83. The maximum absolute atomic E-state index is 14.4. The van der Waals surface area contributed by atoms with Gasteiger partial charge in [0.1, 0.15) is 18.6 Å². The number of carbonyl (C=O) groups is 2. The zero-order chi connectivity index (χ0) is 22.6. The molecule has 3 rings (SSSR count). The molecule has 1 N–H and O–H groups in total. The van der Waals surface area contributed by atoms with Gasteiger partial charge in [0.25, 0.3) is 0 Å². The predicted molar refractivity (Wildman–Crippen MR) is 122 cm³/mol. The van der Waals surface area contributed by atoms with Gasteiger partial charge in [0.2, 0.25) is 0 Å². The van der Waals surface area contributed by atoms with Crippen LogP contribution in [0.25, 0.3) is 0 Å². The van der Waals surface area contributed by atoms with E-state index in [1.54, 1.807) is 0 Å². The summed E-state index contributed by atoms with van der Waals surface area (Å²) in [5, 5.41) is 3.28. The van der Waals surface area contributed by atoms with E-state index < -0.39 is 6.17 Å². The van der Waals surface area contributed by atoms with Crippen molar-refractivity contribution in [2.24, 2.45) is 11.8 Å². The number of alkyl halides is 1. The molecular weight excluding hydrogens is 411 g/mol. The van der Waals surface area contributed by atoms with Crippen molar-refractivity contribution in [1.82, 2.24) is 4.90 Å². The van der Waals surface area contributed by atoms with Gasteiger partial charge < -0.3 is 14.8 Å². The Hall–Kier alpha value is -1.99. The van der Waals surface area contributed by atoms with Crippen molar-refractivity contribution in [3.63, 3.8) is 0 Å². The van der Waals surface area contributed by atoms with Crippen molar-refractivity contribution < 1.29 is 23.5 Å². The zero-order valence-corrected chi connectivity index (χ0v) is 19.0. The summed E-state index contributed by atoms with van der Waals surface area (Å²) in [4.78, 5) is 26.4. The highest BCUT2D eigenvalue weighted by molar-refractivity contribution is 5.84. The number of ether oxygens (including phenoxy) is 2. The maximum atomic E-state index is 14.4. The molecule has 1 saturated carbocycles. The quantitative estimate of drug-likeness (QED) is 0.365. The van der Waals surface area contributed by atoms with Crippen LogP contribution in [0.1, 0.15) is 44.9 Å². The third kappa shape index (κ3) is 8.17. The molecule has 0 bridgehead atoms. The summed E-state index contributed by atoms with van der Waals surface area (Å²) in [5.41, 5.74) is 0.957. The summed E-state index contributed by atoms with van der Waals surface area (Å²) in [6.07, 6.45) is 3.69. The molecule has 2 aliphatic rings. The van der Waals surface area contributed by atoms with Gasteiger partial charge in [-0.05, 0) is 25.0 Å². The van der Waals surface area contributed by atoms with E-state index in [-0.39, 0.29) is 30.0 Å². The Morgan fingerprint density at radius 2 is 1.88 bits per heavy atom. The van der Waals surface area contributed by atoms with E-state index in [1.165, 1.54) is 0 Å². The molecule has 0 amide bonds. The number of nitrogens with one attached hydrogen (secondary N) is 1. The van der Waals surface area contributed by atoms with Gasteiger partial charge in [0.05, 0.1) is 13.2 Å². The largest absolute Gasteiger partial charge is 0.464 e. The molecule has 1 aromatic carbocycles. The first-order valence-corrected chi connectivity index (χ1v) is 12.0. The smallest absolute Gasteiger partial charge is 0.305 e. The van der Waals surface area contributed by atoms with E-state index in [2.05, 4.69) is 10.2 Å². The summed E-state index contributed by atoms with van der Waals surface area (Å²) >= 11 is 0. The van der Waals surface area contributed by atoms with E-state index in [0.29, 0.717) is 19.6 Å². The number of para-hydroxylation sites is 1. The minimum absolute atomic E-state index is 0.0331. The van der Waals surface area contributed by atoms with Crippen molar-refractivity contribution in [3.05, 3.63) is 30.3 Å². The molecule has 0 spiro atoms. The molecule has 1 heterocycles. The number of morpholine rings is 1. The number of benzene rings is 1. The molecule has 1 aromatic rings. The molecule has 1 saturated heterocycles. The lowest BCUT2D eigenvalue weighted by Crippen LogP contribution is -2.38. The number of Topliss-reactive ketones (excluding diaryl/α,β-unsaturated/α-hetero) is 1. The van der Waals surface area contributed by atoms with Gasteiger partial charge in [0.15, 0.2) is 0 Å². The highest BCUT2D eigenvalue weighted by Crippen LogP contribution is 2.35. The van der Waals surface area contributed by atoms with Crippen LogP contribution in [0.3, 0.4) is 0 Å². The van der Waals surface area contributed by atoms with Crippen LogP contribution in [0.5, 0.6) is 0 Å². The topological polar surface area (TPSA) is 67.9 Å². The van der Waals surface area contributed by atoms with Crippen LogP contribution in [0, 0.1) is 11.8 Å². The average Bonchev–Trinajstić information content (AvgIpc) is 3.08. The Balaban J connectivity index is 1.25. The summed E-state index contributed by atoms with van der Waals surface area (Å²) in [6.45, 7) is 4.97. The number of ketones is 1. The molecule has 1 aliphatic heterocycles. The van der Waals surface area contributed by atoms with Gasteiger partial charge >= 0.3 is 5.97 Å². The first kappa shape index (κ1) is 24.6. The van der Waals surface area contributed by atoms with Crippen LogP contribution in [0.15, 0.2) is 30.3 Å². The molecule has 178 valence electrons. The summed E-state index contributed by atoms with van der Waals surface area (Å²) in [6, 6.07) is 9.73. The summed E-state index contributed by atoms with van der Waals surface area (Å²) in [5.74, 6) is -0.572. The number of esters is 1. The van der Waals surface area contributed by atoms with E-state index in [0.717, 1.165) is 70.6 Å². The number of rotatable bonds is 13. The lowest BCUT2D eigenvalue weighted by Gasteiger charge is -2.26. The molecule has 1 aliphatic carbocycles. The van der Waals surface area contributed by atoms with Crippen molar-refractivity contribution in [2.45, 2.75) is 51.1 Å². The molecule has 3 atom stereocenters. The molecule has 1 unspecified atom stereocenters. The third-order valence-corrected chi connectivity index (χ3v) is 6.53. The fourth-order valence-electron chi connectivity index (χ4n) is 4.61. The van der Waals surface area contributed by atoms with Crippen LogP contribution in [-0.2, 0) is 19.1 Å². The molecule has 32 heavy (non-hydrogen) atoms. The normalized spacial score (nSPS) is 23.9. The lowest BCUT2D eigenvalue weighted by atomic mass is 9.89. The number of carbonyl (C=O) groups excluding carboxylic acids is 2. The molecule has 6 nitrogen and oxygen atoms in total. The van der Waals surface area contributed by atoms with Crippen LogP contribution >= 0.6 is 0 Å². The van der Waals surface area contributed by atoms with Gasteiger partial charge in [-0.25, -0.2) is 4.39 Å². The molecule has 0 aromatic heterocycles. The van der Waals surface area contributed by atoms with Gasteiger partial charge in [-0.2, -0.15) is 0 Å². The van der Waals surface area contributed by atoms with E-state index in [9.17, 15) is 14.0 Å². The molecule has 2 fully saturated rings. The maximum Gasteiger partial charge on any atom is 0.305 e.